The van der Waals surface area contributed by atoms with Crippen molar-refractivity contribution < 1.29 is 27.9 Å². The Labute approximate surface area is 183 Å². The van der Waals surface area contributed by atoms with Crippen molar-refractivity contribution in [2.75, 3.05) is 37.6 Å². The number of fused-ring (bicyclic) bond motifs is 1. The van der Waals surface area contributed by atoms with E-state index in [1.54, 1.807) is 6.07 Å². The zero-order valence-electron chi connectivity index (χ0n) is 17.1. The van der Waals surface area contributed by atoms with Gasteiger partial charge in [-0.3, -0.25) is 24.2 Å². The smallest absolute Gasteiger partial charge is 0.423 e. The molecule has 2 N–H and O–H groups in total. The number of carbonyl (C=O) groups is 3. The number of piperazine rings is 1. The summed E-state index contributed by atoms with van der Waals surface area (Å²) in [6, 6.07) is 14.3. The molecule has 3 amide bonds. The lowest BCUT2D eigenvalue weighted by Gasteiger charge is -2.39. The third-order valence-corrected chi connectivity index (χ3v) is 5.60. The number of ether oxygens (including phenoxy) is 1. The van der Waals surface area contributed by atoms with Crippen LogP contribution in [-0.2, 0) is 14.4 Å². The van der Waals surface area contributed by atoms with E-state index in [1.165, 1.54) is 23.1 Å². The number of carbonyl (C=O) groups excluding carboxylic acids is 3. The van der Waals surface area contributed by atoms with Crippen LogP contribution < -0.4 is 15.4 Å². The van der Waals surface area contributed by atoms with Gasteiger partial charge < -0.3 is 15.4 Å². The van der Waals surface area contributed by atoms with Gasteiger partial charge >= 0.3 is 12.0 Å². The van der Waals surface area contributed by atoms with E-state index in [1.807, 2.05) is 35.2 Å². The molecule has 2 aliphatic heterocycles. The van der Waals surface area contributed by atoms with E-state index in [-0.39, 0.29) is 24.5 Å². The van der Waals surface area contributed by atoms with Crippen LogP contribution >= 0.6 is 0 Å². The van der Waals surface area contributed by atoms with Gasteiger partial charge in [0.05, 0.1) is 5.69 Å². The highest BCUT2D eigenvalue weighted by Crippen LogP contribution is 2.38. The van der Waals surface area contributed by atoms with Gasteiger partial charge in [-0.05, 0) is 17.7 Å². The van der Waals surface area contributed by atoms with Gasteiger partial charge in [-0.1, -0.05) is 42.5 Å². The summed E-state index contributed by atoms with van der Waals surface area (Å²) >= 11 is 0. The van der Waals surface area contributed by atoms with Crippen molar-refractivity contribution in [3.8, 4) is 5.75 Å². The van der Waals surface area contributed by atoms with Crippen molar-refractivity contribution >= 4 is 23.4 Å². The molecule has 2 heterocycles. The molecule has 4 rings (SSSR count). The second kappa shape index (κ2) is 8.54. The van der Waals surface area contributed by atoms with Crippen molar-refractivity contribution in [1.82, 2.24) is 9.80 Å². The molecule has 168 valence electrons. The Hall–Kier alpha value is -3.53. The van der Waals surface area contributed by atoms with Gasteiger partial charge in [0.15, 0.2) is 5.75 Å². The van der Waals surface area contributed by atoms with Crippen molar-refractivity contribution in [3.63, 3.8) is 0 Å². The number of benzene rings is 2. The Kier molecular flexibility index (Phi) is 5.79. The van der Waals surface area contributed by atoms with E-state index >= 15 is 0 Å². The van der Waals surface area contributed by atoms with Gasteiger partial charge in [0.2, 0.25) is 11.8 Å². The molecule has 0 aromatic heterocycles. The van der Waals surface area contributed by atoms with E-state index in [9.17, 15) is 23.2 Å². The number of amides is 3. The topological polar surface area (TPSA) is 96.2 Å². The highest BCUT2D eigenvalue weighted by Gasteiger charge is 2.51. The molecule has 0 spiro atoms. The second-order valence-corrected chi connectivity index (χ2v) is 7.61. The number of hydrogen-bond donors (Lipinski definition) is 1. The lowest BCUT2D eigenvalue weighted by atomic mass is 10.0. The van der Waals surface area contributed by atoms with Crippen molar-refractivity contribution in [1.29, 1.82) is 0 Å². The first kappa shape index (κ1) is 21.7. The molecule has 10 heteroatoms. The zero-order valence-corrected chi connectivity index (χ0v) is 17.1. The van der Waals surface area contributed by atoms with Gasteiger partial charge in [-0.2, -0.15) is 8.78 Å². The monoisotopic (exact) mass is 444 g/mol. The average molecular weight is 444 g/mol. The van der Waals surface area contributed by atoms with E-state index in [4.69, 9.17) is 5.73 Å². The molecule has 1 atom stereocenters. The maximum Gasteiger partial charge on any atom is 0.482 e. The molecule has 2 aliphatic rings. The van der Waals surface area contributed by atoms with E-state index < -0.39 is 36.4 Å². The number of hydrogen-bond acceptors (Lipinski definition) is 5. The predicted octanol–water partition coefficient (Wildman–Crippen LogP) is 1.38. The Bertz CT molecular complexity index is 1030. The number of primary amides is 1. The molecule has 0 bridgehead atoms. The Morgan fingerprint density at radius 3 is 2.28 bits per heavy atom. The summed E-state index contributed by atoms with van der Waals surface area (Å²) in [5, 5.41) is 0. The molecule has 8 nitrogen and oxygen atoms in total. The summed E-state index contributed by atoms with van der Waals surface area (Å²) in [5.74, 6) is -2.71. The molecule has 2 aromatic rings. The van der Waals surface area contributed by atoms with Crippen LogP contribution in [0, 0.1) is 0 Å². The van der Waals surface area contributed by atoms with Gasteiger partial charge in [0.1, 0.15) is 12.6 Å². The molecular formula is C22H22F2N4O4. The summed E-state index contributed by atoms with van der Waals surface area (Å²) in [6.07, 6.45) is -4.04. The number of rotatable bonds is 5. The van der Waals surface area contributed by atoms with Crippen LogP contribution in [0.15, 0.2) is 54.6 Å². The number of nitrogens with two attached hydrogens (primary N) is 1. The Morgan fingerprint density at radius 1 is 1.00 bits per heavy atom. The standard InChI is InChI=1S/C22H22F2N4O4/c23-22(24)21(31)28(16-8-4-5-9-17(16)32-22)14-18(29)26-10-12-27(13-11-26)19(20(25)30)15-6-2-1-3-7-15/h1-9,19H,10-14H2,(H2,25,30). The van der Waals surface area contributed by atoms with Gasteiger partial charge in [-0.15, -0.1) is 0 Å². The van der Waals surface area contributed by atoms with E-state index in [0.29, 0.717) is 13.1 Å². The largest absolute Gasteiger partial charge is 0.482 e. The summed E-state index contributed by atoms with van der Waals surface area (Å²) in [5.41, 5.74) is 6.50. The molecule has 32 heavy (non-hydrogen) atoms. The quantitative estimate of drug-likeness (QED) is 0.752. The fraction of sp³-hybridized carbons (Fsp3) is 0.318. The Morgan fingerprint density at radius 2 is 1.62 bits per heavy atom. The predicted molar refractivity (Wildman–Crippen MR) is 111 cm³/mol. The minimum absolute atomic E-state index is 0.119. The first-order chi connectivity index (χ1) is 15.3. The third kappa shape index (κ3) is 4.13. The third-order valence-electron chi connectivity index (χ3n) is 5.60. The maximum atomic E-state index is 14.0. The van der Waals surface area contributed by atoms with Crippen LogP contribution in [-0.4, -0.2) is 66.4 Å². The molecule has 2 aromatic carbocycles. The summed E-state index contributed by atoms with van der Waals surface area (Å²) < 4.78 is 32.5. The van der Waals surface area contributed by atoms with Crippen molar-refractivity contribution in [2.45, 2.75) is 12.2 Å². The molecule has 1 saturated heterocycles. The maximum absolute atomic E-state index is 14.0. The van der Waals surface area contributed by atoms with Crippen LogP contribution in [0.1, 0.15) is 11.6 Å². The van der Waals surface area contributed by atoms with Crippen molar-refractivity contribution in [2.24, 2.45) is 5.73 Å². The van der Waals surface area contributed by atoms with Crippen LogP contribution in [0.2, 0.25) is 0 Å². The molecule has 0 aliphatic carbocycles. The molecule has 0 radical (unpaired) electrons. The lowest BCUT2D eigenvalue weighted by Crippen LogP contribution is -2.56. The molecule has 1 unspecified atom stereocenters. The van der Waals surface area contributed by atoms with Gasteiger partial charge in [0.25, 0.3) is 0 Å². The fourth-order valence-electron chi connectivity index (χ4n) is 4.03. The lowest BCUT2D eigenvalue weighted by molar-refractivity contribution is -0.193. The van der Waals surface area contributed by atoms with Crippen LogP contribution in [0.4, 0.5) is 14.5 Å². The van der Waals surface area contributed by atoms with E-state index in [0.717, 1.165) is 10.5 Å². The highest BCUT2D eigenvalue weighted by atomic mass is 19.3. The van der Waals surface area contributed by atoms with Gasteiger partial charge in [0, 0.05) is 26.2 Å². The minimum Gasteiger partial charge on any atom is -0.423 e. The SMILES string of the molecule is NC(=O)C(c1ccccc1)N1CCN(C(=O)CN2C(=O)C(F)(F)Oc3ccccc32)CC1. The summed E-state index contributed by atoms with van der Waals surface area (Å²) in [7, 11) is 0. The molecule has 0 saturated carbocycles. The molecular weight excluding hydrogens is 422 g/mol. The van der Waals surface area contributed by atoms with E-state index in [2.05, 4.69) is 4.74 Å². The second-order valence-electron chi connectivity index (χ2n) is 7.61. The number of alkyl halides is 2. The number of para-hydroxylation sites is 2. The van der Waals surface area contributed by atoms with Crippen LogP contribution in [0.3, 0.4) is 0 Å². The average Bonchev–Trinajstić information content (AvgIpc) is 2.77. The number of anilines is 1. The van der Waals surface area contributed by atoms with Crippen LogP contribution in [0.5, 0.6) is 5.75 Å². The zero-order chi connectivity index (χ0) is 22.9. The first-order valence-electron chi connectivity index (χ1n) is 10.1. The summed E-state index contributed by atoms with van der Waals surface area (Å²) in [6.45, 7) is 0.751. The Balaban J connectivity index is 1.44. The number of halogens is 2. The van der Waals surface area contributed by atoms with Crippen LogP contribution in [0.25, 0.3) is 0 Å². The summed E-state index contributed by atoms with van der Waals surface area (Å²) in [4.78, 5) is 41.3. The minimum atomic E-state index is -4.04. The highest BCUT2D eigenvalue weighted by molar-refractivity contribution is 6.04. The number of nitrogens with zero attached hydrogens (tertiary/aromatic N) is 3. The van der Waals surface area contributed by atoms with Gasteiger partial charge in [-0.25, -0.2) is 0 Å². The van der Waals surface area contributed by atoms with Crippen molar-refractivity contribution in [3.05, 3.63) is 60.2 Å². The fourth-order valence-corrected chi connectivity index (χ4v) is 4.03. The first-order valence-corrected chi connectivity index (χ1v) is 10.1. The molecule has 1 fully saturated rings. The normalized spacial score (nSPS) is 19.1.